The molecule has 0 aliphatic carbocycles. The minimum absolute atomic E-state index is 0.689. The molecule has 0 N–H and O–H groups in total. The van der Waals surface area contributed by atoms with E-state index in [9.17, 15) is 0 Å². The normalized spacial score (nSPS) is 10.8. The predicted molar refractivity (Wildman–Crippen MR) is 73.7 cm³/mol. The Morgan fingerprint density at radius 3 is 2.79 bits per heavy atom. The van der Waals surface area contributed by atoms with Crippen LogP contribution in [0, 0.1) is 18.3 Å². The monoisotopic (exact) mass is 250 g/mol. The van der Waals surface area contributed by atoms with Crippen LogP contribution in [0.1, 0.15) is 17.0 Å². The maximum absolute atomic E-state index is 8.99. The van der Waals surface area contributed by atoms with Crippen molar-refractivity contribution in [2.24, 2.45) is 7.05 Å². The molecular formula is C15H14N4. The van der Waals surface area contributed by atoms with E-state index < -0.39 is 0 Å². The van der Waals surface area contributed by atoms with Crippen LogP contribution in [0.3, 0.4) is 0 Å². The molecule has 0 fully saturated rings. The van der Waals surface area contributed by atoms with Gasteiger partial charge in [0.05, 0.1) is 29.6 Å². The fraction of sp³-hybridized carbons (Fsp3) is 0.200. The molecule has 0 unspecified atom stereocenters. The third kappa shape index (κ3) is 2.00. The van der Waals surface area contributed by atoms with Crippen LogP contribution < -0.4 is 0 Å². The van der Waals surface area contributed by atoms with Gasteiger partial charge >= 0.3 is 0 Å². The van der Waals surface area contributed by atoms with E-state index in [4.69, 9.17) is 5.26 Å². The van der Waals surface area contributed by atoms with Gasteiger partial charge in [0.15, 0.2) is 0 Å². The molecule has 0 saturated carbocycles. The van der Waals surface area contributed by atoms with Crippen LogP contribution in [-0.4, -0.2) is 14.3 Å². The fourth-order valence-corrected chi connectivity index (χ4v) is 2.38. The quantitative estimate of drug-likeness (QED) is 0.701. The number of aromatic nitrogens is 3. The summed E-state index contributed by atoms with van der Waals surface area (Å²) in [5.74, 6) is 0. The lowest BCUT2D eigenvalue weighted by molar-refractivity contribution is 0.673. The summed E-state index contributed by atoms with van der Waals surface area (Å²) in [5.41, 5.74) is 3.94. The van der Waals surface area contributed by atoms with Crippen LogP contribution in [0.5, 0.6) is 0 Å². The van der Waals surface area contributed by atoms with E-state index in [0.717, 1.165) is 28.8 Å². The largest absolute Gasteiger partial charge is 0.341 e. The molecule has 1 aromatic carbocycles. The molecule has 2 aromatic heterocycles. The first-order chi connectivity index (χ1) is 9.17. The van der Waals surface area contributed by atoms with Crippen molar-refractivity contribution < 1.29 is 0 Å². The topological polar surface area (TPSA) is 46.5 Å². The molecule has 3 aromatic rings. The van der Waals surface area contributed by atoms with Crippen molar-refractivity contribution in [2.45, 2.75) is 13.5 Å². The molecule has 0 spiro atoms. The van der Waals surface area contributed by atoms with Crippen molar-refractivity contribution in [3.05, 3.63) is 53.5 Å². The van der Waals surface area contributed by atoms with Crippen molar-refractivity contribution in [1.29, 1.82) is 5.26 Å². The zero-order valence-electron chi connectivity index (χ0n) is 11.0. The second kappa shape index (κ2) is 4.29. The summed E-state index contributed by atoms with van der Waals surface area (Å²) in [6.07, 6.45) is 2.05. The highest BCUT2D eigenvalue weighted by atomic mass is 15.3. The van der Waals surface area contributed by atoms with Crippen molar-refractivity contribution in [3.8, 4) is 6.07 Å². The zero-order chi connectivity index (χ0) is 13.4. The summed E-state index contributed by atoms with van der Waals surface area (Å²) in [5, 5.41) is 14.5. The second-order valence-corrected chi connectivity index (χ2v) is 4.73. The van der Waals surface area contributed by atoms with Gasteiger partial charge in [0.1, 0.15) is 0 Å². The molecule has 0 atom stereocenters. The lowest BCUT2D eigenvalue weighted by Gasteiger charge is -2.06. The first kappa shape index (κ1) is 11.5. The summed E-state index contributed by atoms with van der Waals surface area (Å²) in [6, 6.07) is 12.1. The number of hydrogen-bond acceptors (Lipinski definition) is 2. The lowest BCUT2D eigenvalue weighted by Crippen LogP contribution is -2.04. The van der Waals surface area contributed by atoms with Crippen LogP contribution in [0.2, 0.25) is 0 Å². The maximum Gasteiger partial charge on any atom is 0.0992 e. The standard InChI is InChI=1S/C15H14N4/c1-11-7-14(18(2)17-11)10-19-6-5-13-4-3-12(9-16)8-15(13)19/h3-8H,10H2,1-2H3. The molecular weight excluding hydrogens is 236 g/mol. The van der Waals surface area contributed by atoms with E-state index in [1.54, 1.807) is 0 Å². The van der Waals surface area contributed by atoms with Crippen LogP contribution in [-0.2, 0) is 13.6 Å². The minimum Gasteiger partial charge on any atom is -0.341 e. The molecule has 3 rings (SSSR count). The molecule has 0 radical (unpaired) electrons. The van der Waals surface area contributed by atoms with Gasteiger partial charge in [0, 0.05) is 18.8 Å². The average Bonchev–Trinajstić information content (AvgIpc) is 2.93. The van der Waals surface area contributed by atoms with E-state index in [2.05, 4.69) is 27.9 Å². The van der Waals surface area contributed by atoms with Gasteiger partial charge in [-0.1, -0.05) is 6.07 Å². The number of rotatable bonds is 2. The maximum atomic E-state index is 8.99. The van der Waals surface area contributed by atoms with Crippen LogP contribution in [0.25, 0.3) is 10.9 Å². The summed E-state index contributed by atoms with van der Waals surface area (Å²) in [4.78, 5) is 0. The highest BCUT2D eigenvalue weighted by Gasteiger charge is 2.06. The van der Waals surface area contributed by atoms with Crippen LogP contribution >= 0.6 is 0 Å². The molecule has 19 heavy (non-hydrogen) atoms. The summed E-state index contributed by atoms with van der Waals surface area (Å²) in [6.45, 7) is 2.75. The highest BCUT2D eigenvalue weighted by molar-refractivity contribution is 5.81. The number of aryl methyl sites for hydroxylation is 2. The molecule has 4 heteroatoms. The Labute approximate surface area is 111 Å². The number of benzene rings is 1. The first-order valence-electron chi connectivity index (χ1n) is 6.16. The number of nitrogens with zero attached hydrogens (tertiary/aromatic N) is 4. The van der Waals surface area contributed by atoms with Crippen molar-refractivity contribution >= 4 is 10.9 Å². The summed E-state index contributed by atoms with van der Waals surface area (Å²) in [7, 11) is 1.95. The highest BCUT2D eigenvalue weighted by Crippen LogP contribution is 2.19. The van der Waals surface area contributed by atoms with Crippen LogP contribution in [0.4, 0.5) is 0 Å². The number of hydrogen-bond donors (Lipinski definition) is 0. The third-order valence-electron chi connectivity index (χ3n) is 3.33. The number of nitriles is 1. The molecule has 94 valence electrons. The van der Waals surface area contributed by atoms with Gasteiger partial charge in [-0.3, -0.25) is 4.68 Å². The Bertz CT molecular complexity index is 786. The fourth-order valence-electron chi connectivity index (χ4n) is 2.38. The van der Waals surface area contributed by atoms with Gasteiger partial charge in [0.25, 0.3) is 0 Å². The van der Waals surface area contributed by atoms with Gasteiger partial charge in [-0.15, -0.1) is 0 Å². The Morgan fingerprint density at radius 1 is 1.26 bits per heavy atom. The van der Waals surface area contributed by atoms with Gasteiger partial charge in [-0.05, 0) is 36.6 Å². The van der Waals surface area contributed by atoms with Gasteiger partial charge in [-0.25, -0.2) is 0 Å². The van der Waals surface area contributed by atoms with Gasteiger partial charge in [0.2, 0.25) is 0 Å². The molecule has 0 aliphatic rings. The Hall–Kier alpha value is -2.54. The molecule has 0 saturated heterocycles. The Morgan fingerprint density at radius 2 is 2.11 bits per heavy atom. The van der Waals surface area contributed by atoms with Crippen molar-refractivity contribution in [2.75, 3.05) is 0 Å². The Balaban J connectivity index is 2.06. The van der Waals surface area contributed by atoms with E-state index in [1.165, 1.54) is 0 Å². The second-order valence-electron chi connectivity index (χ2n) is 4.73. The van der Waals surface area contributed by atoms with Gasteiger partial charge < -0.3 is 4.57 Å². The summed E-state index contributed by atoms with van der Waals surface area (Å²) >= 11 is 0. The van der Waals surface area contributed by atoms with Crippen LogP contribution in [0.15, 0.2) is 36.5 Å². The van der Waals surface area contributed by atoms with Crippen molar-refractivity contribution in [1.82, 2.24) is 14.3 Å². The van der Waals surface area contributed by atoms with E-state index in [0.29, 0.717) is 5.56 Å². The lowest BCUT2D eigenvalue weighted by atomic mass is 10.2. The zero-order valence-corrected chi connectivity index (χ0v) is 11.0. The minimum atomic E-state index is 0.689. The molecule has 0 aliphatic heterocycles. The smallest absolute Gasteiger partial charge is 0.0992 e. The molecule has 0 bridgehead atoms. The first-order valence-corrected chi connectivity index (χ1v) is 6.16. The van der Waals surface area contributed by atoms with E-state index in [-0.39, 0.29) is 0 Å². The Kier molecular flexibility index (Phi) is 2.60. The molecule has 2 heterocycles. The average molecular weight is 250 g/mol. The van der Waals surface area contributed by atoms with E-state index >= 15 is 0 Å². The molecule has 0 amide bonds. The van der Waals surface area contributed by atoms with Gasteiger partial charge in [-0.2, -0.15) is 10.4 Å². The van der Waals surface area contributed by atoms with Crippen molar-refractivity contribution in [3.63, 3.8) is 0 Å². The third-order valence-corrected chi connectivity index (χ3v) is 3.33. The predicted octanol–water partition coefficient (Wildman–Crippen LogP) is 2.60. The van der Waals surface area contributed by atoms with E-state index in [1.807, 2.05) is 43.0 Å². The summed E-state index contributed by atoms with van der Waals surface area (Å²) < 4.78 is 4.04. The number of fused-ring (bicyclic) bond motifs is 1. The molecule has 4 nitrogen and oxygen atoms in total. The SMILES string of the molecule is Cc1cc(Cn2ccc3ccc(C#N)cc32)n(C)n1.